The number of nitrogens with zero attached hydrogens (tertiary/aromatic N) is 2. The van der Waals surface area contributed by atoms with E-state index in [2.05, 4.69) is 55.1 Å². The first-order chi connectivity index (χ1) is 9.47. The summed E-state index contributed by atoms with van der Waals surface area (Å²) in [5, 5.41) is 3.63. The molecule has 0 amide bonds. The fourth-order valence-corrected chi connectivity index (χ4v) is 3.42. The number of piperazine rings is 1. The Morgan fingerprint density at radius 2 is 1.75 bits per heavy atom. The summed E-state index contributed by atoms with van der Waals surface area (Å²) in [6, 6.07) is 4.70. The van der Waals surface area contributed by atoms with Crippen molar-refractivity contribution in [3.05, 3.63) is 23.3 Å². The fourth-order valence-electron chi connectivity index (χ4n) is 3.42. The van der Waals surface area contributed by atoms with E-state index in [9.17, 15) is 0 Å². The van der Waals surface area contributed by atoms with Gasteiger partial charge in [-0.15, -0.1) is 0 Å². The lowest BCUT2D eigenvalue weighted by molar-refractivity contribution is 0.313. The van der Waals surface area contributed by atoms with E-state index in [1.54, 1.807) is 5.56 Å². The molecule has 0 atom stereocenters. The third-order valence-corrected chi connectivity index (χ3v) is 4.62. The highest BCUT2D eigenvalue weighted by atomic mass is 15.3. The van der Waals surface area contributed by atoms with E-state index in [1.165, 1.54) is 23.4 Å². The molecule has 0 aliphatic carbocycles. The van der Waals surface area contributed by atoms with Crippen LogP contribution in [0.15, 0.2) is 12.1 Å². The zero-order valence-corrected chi connectivity index (χ0v) is 13.3. The summed E-state index contributed by atoms with van der Waals surface area (Å²) in [5.41, 5.74) is 6.11. The van der Waals surface area contributed by atoms with Crippen LogP contribution >= 0.6 is 0 Å². The van der Waals surface area contributed by atoms with Crippen LogP contribution in [-0.4, -0.2) is 44.7 Å². The molecule has 3 rings (SSSR count). The Morgan fingerprint density at radius 1 is 1.05 bits per heavy atom. The van der Waals surface area contributed by atoms with Crippen molar-refractivity contribution >= 4 is 11.4 Å². The Labute approximate surface area is 123 Å². The van der Waals surface area contributed by atoms with Gasteiger partial charge in [-0.2, -0.15) is 0 Å². The first-order valence-electron chi connectivity index (χ1n) is 7.80. The molecule has 110 valence electrons. The van der Waals surface area contributed by atoms with E-state index in [4.69, 9.17) is 0 Å². The second-order valence-electron chi connectivity index (χ2n) is 7.20. The maximum atomic E-state index is 3.63. The number of likely N-dealkylation sites (N-methyl/N-ethyl adjacent to an activating group) is 1. The molecule has 3 nitrogen and oxygen atoms in total. The molecule has 0 spiro atoms. The molecule has 1 saturated heterocycles. The molecule has 0 radical (unpaired) electrons. The maximum absolute atomic E-state index is 3.63. The average Bonchev–Trinajstić information content (AvgIpc) is 2.86. The molecule has 0 bridgehead atoms. The summed E-state index contributed by atoms with van der Waals surface area (Å²) in [5.74, 6) is 0. The molecule has 2 aliphatic rings. The van der Waals surface area contributed by atoms with Crippen molar-refractivity contribution in [3.8, 4) is 0 Å². The van der Waals surface area contributed by atoms with Gasteiger partial charge in [0.05, 0.1) is 11.4 Å². The Morgan fingerprint density at radius 3 is 2.40 bits per heavy atom. The monoisotopic (exact) mass is 273 g/mol. The van der Waals surface area contributed by atoms with Gasteiger partial charge < -0.3 is 15.1 Å². The summed E-state index contributed by atoms with van der Waals surface area (Å²) in [6.45, 7) is 12.6. The molecule has 0 aromatic heterocycles. The number of benzene rings is 1. The molecule has 20 heavy (non-hydrogen) atoms. The van der Waals surface area contributed by atoms with Gasteiger partial charge in [0.25, 0.3) is 0 Å². The molecule has 2 heterocycles. The standard InChI is InChI=1S/C17H27N3/c1-17(2,3)14-5-6-15(16-13(14)7-8-18-16)20-11-9-19(4)10-12-20/h5-6,18H,7-12H2,1-4H3. The van der Waals surface area contributed by atoms with Crippen molar-refractivity contribution in [1.82, 2.24) is 4.90 Å². The van der Waals surface area contributed by atoms with Crippen molar-refractivity contribution in [1.29, 1.82) is 0 Å². The summed E-state index contributed by atoms with van der Waals surface area (Å²) in [7, 11) is 2.21. The number of nitrogens with one attached hydrogen (secondary N) is 1. The van der Waals surface area contributed by atoms with Crippen LogP contribution in [0.5, 0.6) is 0 Å². The highest BCUT2D eigenvalue weighted by molar-refractivity contribution is 5.78. The summed E-state index contributed by atoms with van der Waals surface area (Å²) in [6.07, 6.45) is 1.17. The van der Waals surface area contributed by atoms with E-state index in [-0.39, 0.29) is 5.41 Å². The third kappa shape index (κ3) is 2.39. The van der Waals surface area contributed by atoms with Crippen LogP contribution in [0.1, 0.15) is 31.9 Å². The molecule has 1 aromatic carbocycles. The molecule has 1 N–H and O–H groups in total. The Balaban J connectivity index is 1.96. The maximum Gasteiger partial charge on any atom is 0.0614 e. The predicted octanol–water partition coefficient (Wildman–Crippen LogP) is 2.70. The number of rotatable bonds is 1. The molecule has 0 saturated carbocycles. The lowest BCUT2D eigenvalue weighted by atomic mass is 9.82. The smallest absolute Gasteiger partial charge is 0.0614 e. The molecule has 3 heteroatoms. The number of anilines is 2. The molecule has 1 aromatic rings. The van der Waals surface area contributed by atoms with Gasteiger partial charge in [0, 0.05) is 32.7 Å². The molecule has 0 unspecified atom stereocenters. The van der Waals surface area contributed by atoms with Gasteiger partial charge in [-0.25, -0.2) is 0 Å². The minimum Gasteiger partial charge on any atom is -0.383 e. The minimum atomic E-state index is 0.233. The Bertz CT molecular complexity index is 494. The van der Waals surface area contributed by atoms with Crippen molar-refractivity contribution in [3.63, 3.8) is 0 Å². The van der Waals surface area contributed by atoms with Gasteiger partial charge in [-0.05, 0) is 36.1 Å². The van der Waals surface area contributed by atoms with E-state index >= 15 is 0 Å². The van der Waals surface area contributed by atoms with Crippen LogP contribution in [-0.2, 0) is 11.8 Å². The third-order valence-electron chi connectivity index (χ3n) is 4.62. The molecular weight excluding hydrogens is 246 g/mol. The minimum absolute atomic E-state index is 0.233. The summed E-state index contributed by atoms with van der Waals surface area (Å²) < 4.78 is 0. The predicted molar refractivity (Wildman–Crippen MR) is 87.0 cm³/mol. The SMILES string of the molecule is CN1CCN(c2ccc(C(C)(C)C)c3c2NCC3)CC1. The number of hydrogen-bond acceptors (Lipinski definition) is 3. The topological polar surface area (TPSA) is 18.5 Å². The largest absolute Gasteiger partial charge is 0.383 e. The van der Waals surface area contributed by atoms with Gasteiger partial charge in [0.1, 0.15) is 0 Å². The van der Waals surface area contributed by atoms with Crippen molar-refractivity contribution in [2.75, 3.05) is 50.0 Å². The molecule has 1 fully saturated rings. The second-order valence-corrected chi connectivity index (χ2v) is 7.20. The average molecular weight is 273 g/mol. The van der Waals surface area contributed by atoms with Crippen LogP contribution in [0.2, 0.25) is 0 Å². The second kappa shape index (κ2) is 4.96. The van der Waals surface area contributed by atoms with Crippen molar-refractivity contribution in [2.45, 2.75) is 32.6 Å². The van der Waals surface area contributed by atoms with E-state index in [0.29, 0.717) is 0 Å². The van der Waals surface area contributed by atoms with E-state index < -0.39 is 0 Å². The van der Waals surface area contributed by atoms with E-state index in [1.807, 2.05) is 0 Å². The fraction of sp³-hybridized carbons (Fsp3) is 0.647. The van der Waals surface area contributed by atoms with Crippen molar-refractivity contribution < 1.29 is 0 Å². The van der Waals surface area contributed by atoms with Gasteiger partial charge in [0.2, 0.25) is 0 Å². The number of hydrogen-bond donors (Lipinski definition) is 1. The first kappa shape index (κ1) is 13.7. The zero-order valence-electron chi connectivity index (χ0n) is 13.3. The van der Waals surface area contributed by atoms with Crippen LogP contribution in [0.3, 0.4) is 0 Å². The van der Waals surface area contributed by atoms with Gasteiger partial charge >= 0.3 is 0 Å². The first-order valence-corrected chi connectivity index (χ1v) is 7.80. The highest BCUT2D eigenvalue weighted by Gasteiger charge is 2.27. The van der Waals surface area contributed by atoms with Gasteiger partial charge in [-0.3, -0.25) is 0 Å². The van der Waals surface area contributed by atoms with Crippen LogP contribution in [0.25, 0.3) is 0 Å². The molecule has 2 aliphatic heterocycles. The van der Waals surface area contributed by atoms with Crippen LogP contribution in [0.4, 0.5) is 11.4 Å². The Hall–Kier alpha value is -1.22. The zero-order chi connectivity index (χ0) is 14.3. The quantitative estimate of drug-likeness (QED) is 0.849. The van der Waals surface area contributed by atoms with Gasteiger partial charge in [-0.1, -0.05) is 26.8 Å². The van der Waals surface area contributed by atoms with Crippen LogP contribution < -0.4 is 10.2 Å². The lowest BCUT2D eigenvalue weighted by Gasteiger charge is -2.35. The lowest BCUT2D eigenvalue weighted by Crippen LogP contribution is -2.44. The van der Waals surface area contributed by atoms with E-state index in [0.717, 1.165) is 32.7 Å². The summed E-state index contributed by atoms with van der Waals surface area (Å²) in [4.78, 5) is 4.96. The summed E-state index contributed by atoms with van der Waals surface area (Å²) >= 11 is 0. The molecular formula is C17H27N3. The normalized spacial score (nSPS) is 19.9. The van der Waals surface area contributed by atoms with Gasteiger partial charge in [0.15, 0.2) is 0 Å². The van der Waals surface area contributed by atoms with Crippen molar-refractivity contribution in [2.24, 2.45) is 0 Å². The highest BCUT2D eigenvalue weighted by Crippen LogP contribution is 2.40. The van der Waals surface area contributed by atoms with Crippen LogP contribution in [0, 0.1) is 0 Å². The number of fused-ring (bicyclic) bond motifs is 1. The Kier molecular flexibility index (Phi) is 3.41.